The molecule has 5 atom stereocenters. The van der Waals surface area contributed by atoms with Crippen molar-refractivity contribution in [1.29, 1.82) is 0 Å². The van der Waals surface area contributed by atoms with Crippen molar-refractivity contribution in [2.75, 3.05) is 12.0 Å². The predicted molar refractivity (Wildman–Crippen MR) is 220 cm³/mol. The molecule has 2 aliphatic rings. The molecule has 15 heteroatoms. The van der Waals surface area contributed by atoms with Crippen molar-refractivity contribution in [2.24, 2.45) is 17.8 Å². The number of methoxy groups -OCH3 is 1. The minimum atomic E-state index is -1.24. The van der Waals surface area contributed by atoms with E-state index in [1.165, 1.54) is 12.7 Å². The first kappa shape index (κ1) is 41.2. The zero-order valence-corrected chi connectivity index (χ0v) is 34.7. The van der Waals surface area contributed by atoms with E-state index in [1.807, 2.05) is 32.5 Å². The maximum atomic E-state index is 14.2. The maximum absolute atomic E-state index is 14.2. The first-order valence-corrected chi connectivity index (χ1v) is 21.5. The summed E-state index contributed by atoms with van der Waals surface area (Å²) in [6.45, 7) is 11.7. The monoisotopic (exact) mass is 794 g/mol. The number of ether oxygens (including phenoxy) is 1. The van der Waals surface area contributed by atoms with Crippen molar-refractivity contribution in [2.45, 2.75) is 103 Å². The highest BCUT2D eigenvalue weighted by atomic mass is 28.2. The van der Waals surface area contributed by atoms with Crippen molar-refractivity contribution in [3.63, 3.8) is 0 Å². The van der Waals surface area contributed by atoms with Crippen LogP contribution in [0.5, 0.6) is 0 Å². The fourth-order valence-electron chi connectivity index (χ4n) is 7.95. The summed E-state index contributed by atoms with van der Waals surface area (Å²) in [6, 6.07) is 13.3. The Kier molecular flexibility index (Phi) is 12.9. The van der Waals surface area contributed by atoms with E-state index in [1.54, 1.807) is 24.9 Å². The number of carbonyl (C=O) groups excluding carboxylic acids is 3. The Morgan fingerprint density at radius 1 is 0.930 bits per heavy atom. The Bertz CT molecular complexity index is 2080. The number of nitrogens with one attached hydrogen (secondary N) is 5. The van der Waals surface area contributed by atoms with Gasteiger partial charge in [-0.05, 0) is 78.2 Å². The number of rotatable bonds is 14. The number of benzene rings is 2. The summed E-state index contributed by atoms with van der Waals surface area (Å²) in [6.07, 6.45) is 4.21. The van der Waals surface area contributed by atoms with E-state index in [0.717, 1.165) is 71.4 Å². The van der Waals surface area contributed by atoms with Crippen LogP contribution in [0.15, 0.2) is 48.7 Å². The molecule has 1 fully saturated rings. The van der Waals surface area contributed by atoms with Crippen molar-refractivity contribution >= 4 is 39.5 Å². The number of imidazole rings is 2. The lowest BCUT2D eigenvalue weighted by molar-refractivity contribution is -0.124. The zero-order valence-electron chi connectivity index (χ0n) is 33.7. The van der Waals surface area contributed by atoms with Gasteiger partial charge in [-0.2, -0.15) is 0 Å². The molecule has 1 saturated carbocycles. The predicted octanol–water partition coefficient (Wildman–Crippen LogP) is 6.75. The van der Waals surface area contributed by atoms with E-state index < -0.39 is 24.3 Å². The number of fused-ring (bicyclic) bond motifs is 3. The highest BCUT2D eigenvalue weighted by Gasteiger charge is 2.39. The van der Waals surface area contributed by atoms with Gasteiger partial charge in [0.05, 0.1) is 30.7 Å². The number of hydrogen-bond acceptors (Lipinski definition) is 7. The SMILES string of the molecule is COC(=O)N[C@H](C(=O)N(c1nc2c([nH]1)CCc1cc(-c3ccc(-c4cnc(C(C[Si]C)NC(=O)[C@@H](NC(=O)O)C(C)C)[nH]4)cc3)ccc1-2)[C@@H]1CC[C@H](C)C1)C(C)C. The number of nitrogens with zero attached hydrogens (tertiary/aromatic N) is 3. The molecule has 1 unspecified atom stereocenters. The van der Waals surface area contributed by atoms with E-state index in [4.69, 9.17) is 9.72 Å². The van der Waals surface area contributed by atoms with Gasteiger partial charge in [0.2, 0.25) is 11.9 Å². The number of anilines is 1. The summed E-state index contributed by atoms with van der Waals surface area (Å²) >= 11 is 0. The summed E-state index contributed by atoms with van der Waals surface area (Å²) in [5.74, 6) is 0.680. The van der Waals surface area contributed by atoms with E-state index in [0.29, 0.717) is 33.3 Å². The zero-order chi connectivity index (χ0) is 41.0. The molecule has 0 bridgehead atoms. The number of hydrogen-bond donors (Lipinski definition) is 6. The molecule has 2 aromatic carbocycles. The van der Waals surface area contributed by atoms with Crippen LogP contribution in [0.2, 0.25) is 12.6 Å². The Balaban J connectivity index is 1.20. The van der Waals surface area contributed by atoms with Crippen LogP contribution in [0.1, 0.15) is 77.0 Å². The summed E-state index contributed by atoms with van der Waals surface area (Å²) < 4.78 is 4.85. The molecule has 2 radical (unpaired) electrons. The van der Waals surface area contributed by atoms with Crippen LogP contribution in [0.4, 0.5) is 15.5 Å². The Morgan fingerprint density at radius 2 is 1.63 bits per heavy atom. The molecule has 0 aliphatic heterocycles. The van der Waals surface area contributed by atoms with E-state index in [9.17, 15) is 24.3 Å². The second-order valence-electron chi connectivity index (χ2n) is 15.9. The molecule has 0 saturated heterocycles. The number of aromatic amines is 2. The molecule has 302 valence electrons. The van der Waals surface area contributed by atoms with E-state index in [-0.39, 0.29) is 35.7 Å². The maximum Gasteiger partial charge on any atom is 0.407 e. The fourth-order valence-corrected chi connectivity index (χ4v) is 8.66. The van der Waals surface area contributed by atoms with Crippen LogP contribution in [-0.2, 0) is 27.2 Å². The van der Waals surface area contributed by atoms with Gasteiger partial charge in [0, 0.05) is 26.8 Å². The molecule has 2 aromatic heterocycles. The minimum Gasteiger partial charge on any atom is -0.465 e. The van der Waals surface area contributed by atoms with Crippen molar-refractivity contribution < 1.29 is 29.0 Å². The average molecular weight is 795 g/mol. The number of amides is 4. The largest absolute Gasteiger partial charge is 0.465 e. The van der Waals surface area contributed by atoms with Gasteiger partial charge >= 0.3 is 12.2 Å². The first-order valence-electron chi connectivity index (χ1n) is 19.8. The number of carbonyl (C=O) groups is 4. The number of alkyl carbamates (subject to hydrolysis) is 1. The number of aryl methyl sites for hydroxylation is 2. The van der Waals surface area contributed by atoms with Gasteiger partial charge in [0.1, 0.15) is 17.9 Å². The van der Waals surface area contributed by atoms with Crippen LogP contribution in [0, 0.1) is 17.8 Å². The van der Waals surface area contributed by atoms with Gasteiger partial charge in [-0.15, -0.1) is 0 Å². The van der Waals surface area contributed by atoms with E-state index >= 15 is 0 Å². The van der Waals surface area contributed by atoms with E-state index in [2.05, 4.69) is 68.2 Å². The van der Waals surface area contributed by atoms with Gasteiger partial charge in [-0.1, -0.05) is 83.6 Å². The fraction of sp³-hybridized carbons (Fsp3) is 0.476. The van der Waals surface area contributed by atoms with Gasteiger partial charge < -0.3 is 35.8 Å². The van der Waals surface area contributed by atoms with Crippen molar-refractivity contribution in [3.8, 4) is 33.6 Å². The van der Waals surface area contributed by atoms with Crippen LogP contribution in [-0.4, -0.2) is 83.8 Å². The number of carboxylic acid groups (broad SMARTS) is 1. The molecule has 2 aliphatic carbocycles. The van der Waals surface area contributed by atoms with Crippen LogP contribution in [0.3, 0.4) is 0 Å². The number of H-pyrrole nitrogens is 2. The van der Waals surface area contributed by atoms with Crippen LogP contribution in [0.25, 0.3) is 33.6 Å². The molecule has 4 aromatic rings. The standard InChI is InChI=1S/C42H54N8O6Si/c1-22(2)34(48-41(53)54)38(51)45-33(21-57-7)37-43-20-32(44-37)26-11-9-25(10-12-26)27-13-16-30-28(19-27)14-17-31-36(30)47-40(46-31)50(29-15-8-24(5)18-29)39(52)35(23(3)4)49-42(55)56-6/h9-13,16,19-20,22-24,29,33-35,48H,8,14-15,17-18,21H2,1-7H3,(H,43,44)(H,45,51)(H,46,47)(H,49,55)(H,53,54)/t24-,29+,33?,34-,35-/m0/s1. The molecule has 4 amide bonds. The second kappa shape index (κ2) is 17.8. The molecular weight excluding hydrogens is 741 g/mol. The Labute approximate surface area is 336 Å². The highest BCUT2D eigenvalue weighted by Crippen LogP contribution is 2.39. The van der Waals surface area contributed by atoms with Crippen molar-refractivity contribution in [1.82, 2.24) is 35.9 Å². The molecule has 6 rings (SSSR count). The number of aromatic nitrogens is 4. The average Bonchev–Trinajstić information content (AvgIpc) is 3.96. The van der Waals surface area contributed by atoms with Gasteiger partial charge in [0.15, 0.2) is 0 Å². The second-order valence-corrected chi connectivity index (χ2v) is 17.1. The minimum absolute atomic E-state index is 0.0246. The molecule has 6 N–H and O–H groups in total. The third kappa shape index (κ3) is 9.24. The Hall–Kier alpha value is -5.44. The quantitative estimate of drug-likeness (QED) is 0.0754. The highest BCUT2D eigenvalue weighted by molar-refractivity contribution is 6.33. The molecule has 0 spiro atoms. The van der Waals surface area contributed by atoms with Crippen LogP contribution >= 0.6 is 0 Å². The Morgan fingerprint density at radius 3 is 2.26 bits per heavy atom. The van der Waals surface area contributed by atoms with Crippen molar-refractivity contribution in [3.05, 3.63) is 65.7 Å². The van der Waals surface area contributed by atoms with Gasteiger partial charge in [0.25, 0.3) is 5.91 Å². The topological polar surface area (TPSA) is 194 Å². The summed E-state index contributed by atoms with van der Waals surface area (Å²) in [7, 11) is 1.84. The first-order chi connectivity index (χ1) is 27.3. The molecule has 2 heterocycles. The smallest absolute Gasteiger partial charge is 0.407 e. The normalized spacial score (nSPS) is 17.6. The summed E-state index contributed by atoms with van der Waals surface area (Å²) in [4.78, 5) is 69.2. The van der Waals surface area contributed by atoms with Gasteiger partial charge in [-0.25, -0.2) is 19.6 Å². The summed E-state index contributed by atoms with van der Waals surface area (Å²) in [5.41, 5.74) is 7.96. The third-order valence-corrected chi connectivity index (χ3v) is 11.9. The molecule has 57 heavy (non-hydrogen) atoms. The summed E-state index contributed by atoms with van der Waals surface area (Å²) in [5, 5.41) is 17.3. The van der Waals surface area contributed by atoms with Gasteiger partial charge in [-0.3, -0.25) is 14.5 Å². The molecule has 14 nitrogen and oxygen atoms in total. The lowest BCUT2D eigenvalue weighted by Gasteiger charge is -2.32. The lowest BCUT2D eigenvalue weighted by atomic mass is 9.89. The van der Waals surface area contributed by atoms with Crippen LogP contribution < -0.4 is 20.9 Å². The third-order valence-electron chi connectivity index (χ3n) is 11.1. The lowest BCUT2D eigenvalue weighted by Crippen LogP contribution is -2.54. The molecular formula is C42H54N8O6Si.